The summed E-state index contributed by atoms with van der Waals surface area (Å²) in [5.41, 5.74) is 5.06. The quantitative estimate of drug-likeness (QED) is 0.385. The van der Waals surface area contributed by atoms with Gasteiger partial charge in [0.05, 0.1) is 22.4 Å². The molecule has 1 aliphatic rings. The fraction of sp³-hybridized carbons (Fsp3) is 0.609. The molecule has 1 aliphatic carbocycles. The van der Waals surface area contributed by atoms with Gasteiger partial charge in [-0.05, 0) is 62.8 Å². The zero-order chi connectivity index (χ0) is 22.3. The maximum absolute atomic E-state index is 10.1. The van der Waals surface area contributed by atoms with Crippen LogP contribution in [0.5, 0.6) is 0 Å². The van der Waals surface area contributed by atoms with Crippen molar-refractivity contribution in [1.82, 2.24) is 15.0 Å². The van der Waals surface area contributed by atoms with Crippen molar-refractivity contribution in [1.29, 1.82) is 0 Å². The Morgan fingerprint density at radius 2 is 1.68 bits per heavy atom. The second-order valence-electron chi connectivity index (χ2n) is 9.06. The van der Waals surface area contributed by atoms with E-state index in [2.05, 4.69) is 13.8 Å². The Morgan fingerprint density at radius 3 is 2.29 bits per heavy atom. The number of aliphatic hydroxyl groups excluding tert-OH is 2. The molecule has 2 atom stereocenters. The van der Waals surface area contributed by atoms with Gasteiger partial charge < -0.3 is 15.1 Å². The minimum absolute atomic E-state index is 0.406. The molecule has 6 nitrogen and oxygen atoms in total. The van der Waals surface area contributed by atoms with Crippen molar-refractivity contribution in [2.75, 3.05) is 24.2 Å². The minimum Gasteiger partial charge on any atom is -0.392 e. The maximum atomic E-state index is 10.1. The highest BCUT2D eigenvalue weighted by atomic mass is 32.2. The molecule has 3 aromatic rings. The zero-order valence-corrected chi connectivity index (χ0v) is 20.6. The summed E-state index contributed by atoms with van der Waals surface area (Å²) in [6.45, 7) is 8.83. The van der Waals surface area contributed by atoms with Crippen LogP contribution in [0.4, 0.5) is 5.82 Å². The van der Waals surface area contributed by atoms with E-state index in [9.17, 15) is 10.2 Å². The lowest BCUT2D eigenvalue weighted by molar-refractivity contribution is 0.178. The van der Waals surface area contributed by atoms with Crippen molar-refractivity contribution in [3.63, 3.8) is 0 Å². The van der Waals surface area contributed by atoms with Crippen LogP contribution in [0.3, 0.4) is 0 Å². The molecule has 0 aromatic carbocycles. The van der Waals surface area contributed by atoms with E-state index in [1.54, 1.807) is 25.2 Å². The normalized spacial score (nSPS) is 15.7. The molecule has 3 aromatic heterocycles. The van der Waals surface area contributed by atoms with Gasteiger partial charge >= 0.3 is 0 Å². The van der Waals surface area contributed by atoms with Crippen LogP contribution in [0.25, 0.3) is 20.4 Å². The summed E-state index contributed by atoms with van der Waals surface area (Å²) in [6.07, 6.45) is 5.26. The number of nitrogens with zero attached hydrogens (tertiary/aromatic N) is 4. The molecule has 8 heteroatoms. The first-order valence-electron chi connectivity index (χ1n) is 11.1. The number of fused-ring (bicyclic) bond motifs is 5. The van der Waals surface area contributed by atoms with Gasteiger partial charge in [-0.3, -0.25) is 0 Å². The highest BCUT2D eigenvalue weighted by molar-refractivity contribution is 7.98. The number of aliphatic hydroxyl groups is 2. The third-order valence-corrected chi connectivity index (χ3v) is 7.25. The van der Waals surface area contributed by atoms with Crippen molar-refractivity contribution in [2.24, 2.45) is 5.92 Å². The molecular formula is C23H32N4O2S2. The van der Waals surface area contributed by atoms with Crippen molar-refractivity contribution < 1.29 is 10.2 Å². The number of anilines is 1. The van der Waals surface area contributed by atoms with Gasteiger partial charge in [0.2, 0.25) is 0 Å². The van der Waals surface area contributed by atoms with Crippen LogP contribution < -0.4 is 4.90 Å². The van der Waals surface area contributed by atoms with E-state index in [1.165, 1.54) is 40.4 Å². The van der Waals surface area contributed by atoms with Gasteiger partial charge in [0, 0.05) is 24.2 Å². The molecule has 168 valence electrons. The van der Waals surface area contributed by atoms with Gasteiger partial charge in [0.15, 0.2) is 11.0 Å². The summed E-state index contributed by atoms with van der Waals surface area (Å²) in [5, 5.41) is 22.1. The maximum Gasteiger partial charge on any atom is 0.189 e. The van der Waals surface area contributed by atoms with Crippen LogP contribution in [0.15, 0.2) is 5.16 Å². The Kier molecular flexibility index (Phi) is 6.72. The molecule has 0 aliphatic heterocycles. The number of thiophene rings is 1. The van der Waals surface area contributed by atoms with Gasteiger partial charge in [-0.25, -0.2) is 15.0 Å². The summed E-state index contributed by atoms with van der Waals surface area (Å²) in [6, 6.07) is 0. The number of hydrogen-bond donors (Lipinski definition) is 2. The molecule has 0 amide bonds. The first-order chi connectivity index (χ1) is 14.8. The molecule has 31 heavy (non-hydrogen) atoms. The third-order valence-electron chi connectivity index (χ3n) is 5.63. The molecule has 0 saturated heterocycles. The molecule has 0 spiro atoms. The van der Waals surface area contributed by atoms with E-state index in [4.69, 9.17) is 15.0 Å². The number of pyridine rings is 1. The van der Waals surface area contributed by atoms with Gasteiger partial charge in [-0.15, -0.1) is 11.3 Å². The summed E-state index contributed by atoms with van der Waals surface area (Å²) in [7, 11) is 0. The Bertz CT molecular complexity index is 1080. The standard InChI is InChI=1S/C23H32N4O2S2/c1-12(2)9-17-15-7-6-8-16(15)18-19-20(31-22(18)24-17)21(26-23(25-19)30-5)27(10-13(3)28)11-14(4)29/h12-14,28-29H,6-11H2,1-5H3. The molecule has 0 fully saturated rings. The van der Waals surface area contributed by atoms with Crippen LogP contribution in [-0.2, 0) is 19.3 Å². The number of hydrogen-bond acceptors (Lipinski definition) is 8. The zero-order valence-electron chi connectivity index (χ0n) is 19.0. The summed E-state index contributed by atoms with van der Waals surface area (Å²) < 4.78 is 0.998. The second-order valence-corrected chi connectivity index (χ2v) is 10.8. The van der Waals surface area contributed by atoms with Crippen LogP contribution in [0.2, 0.25) is 0 Å². The average molecular weight is 461 g/mol. The Hall–Kier alpha value is -1.48. The second kappa shape index (κ2) is 9.17. The summed E-state index contributed by atoms with van der Waals surface area (Å²) in [5.74, 6) is 1.35. The molecule has 3 heterocycles. The lowest BCUT2D eigenvalue weighted by Gasteiger charge is -2.27. The van der Waals surface area contributed by atoms with Gasteiger partial charge in [0.25, 0.3) is 0 Å². The van der Waals surface area contributed by atoms with Gasteiger partial charge in [0.1, 0.15) is 4.83 Å². The van der Waals surface area contributed by atoms with Crippen LogP contribution >= 0.6 is 23.1 Å². The molecule has 2 unspecified atom stereocenters. The fourth-order valence-corrected chi connectivity index (χ4v) is 6.10. The largest absolute Gasteiger partial charge is 0.392 e. The number of rotatable bonds is 8. The number of aromatic nitrogens is 3. The molecule has 4 rings (SSSR count). The first kappa shape index (κ1) is 22.7. The lowest BCUT2D eigenvalue weighted by atomic mass is 9.99. The third kappa shape index (κ3) is 4.53. The highest BCUT2D eigenvalue weighted by Gasteiger charge is 2.27. The molecule has 0 bridgehead atoms. The highest BCUT2D eigenvalue weighted by Crippen LogP contribution is 2.43. The van der Waals surface area contributed by atoms with Crippen LogP contribution in [-0.4, -0.2) is 56.7 Å². The molecular weight excluding hydrogens is 428 g/mol. The Labute approximate surface area is 192 Å². The predicted octanol–water partition coefficient (Wildman–Crippen LogP) is 4.22. The summed E-state index contributed by atoms with van der Waals surface area (Å²) in [4.78, 5) is 17.9. The SMILES string of the molecule is CSc1nc(N(CC(C)O)CC(C)O)c2sc3nc(CC(C)C)c4c(c3c2n1)CCC4. The number of thioether (sulfide) groups is 1. The Morgan fingerprint density at radius 1 is 1.00 bits per heavy atom. The van der Waals surface area contributed by atoms with E-state index in [-0.39, 0.29) is 0 Å². The van der Waals surface area contributed by atoms with Crippen LogP contribution in [0, 0.1) is 5.92 Å². The van der Waals surface area contributed by atoms with E-state index in [0.29, 0.717) is 24.2 Å². The van der Waals surface area contributed by atoms with Crippen molar-refractivity contribution in [2.45, 2.75) is 70.7 Å². The topological polar surface area (TPSA) is 82.4 Å². The molecule has 0 saturated carbocycles. The van der Waals surface area contributed by atoms with Crippen molar-refractivity contribution in [3.05, 3.63) is 16.8 Å². The van der Waals surface area contributed by atoms with E-state index in [1.807, 2.05) is 11.2 Å². The smallest absolute Gasteiger partial charge is 0.189 e. The molecule has 0 radical (unpaired) electrons. The van der Waals surface area contributed by atoms with Crippen molar-refractivity contribution in [3.8, 4) is 0 Å². The molecule has 2 N–H and O–H groups in total. The number of aryl methyl sites for hydroxylation is 1. The predicted molar refractivity (Wildman–Crippen MR) is 131 cm³/mol. The summed E-state index contributed by atoms with van der Waals surface area (Å²) >= 11 is 3.17. The monoisotopic (exact) mass is 460 g/mol. The van der Waals surface area contributed by atoms with E-state index < -0.39 is 12.2 Å². The van der Waals surface area contributed by atoms with E-state index >= 15 is 0 Å². The fourth-order valence-electron chi connectivity index (χ4n) is 4.56. The Balaban J connectivity index is 1.99. The average Bonchev–Trinajstić information content (AvgIpc) is 3.29. The lowest BCUT2D eigenvalue weighted by Crippen LogP contribution is -2.37. The van der Waals surface area contributed by atoms with E-state index in [0.717, 1.165) is 40.1 Å². The first-order valence-corrected chi connectivity index (χ1v) is 13.1. The van der Waals surface area contributed by atoms with Gasteiger partial charge in [-0.2, -0.15) is 0 Å². The minimum atomic E-state index is -0.532. The van der Waals surface area contributed by atoms with Crippen molar-refractivity contribution >= 4 is 49.3 Å². The van der Waals surface area contributed by atoms with Crippen LogP contribution in [0.1, 0.15) is 50.9 Å². The van der Waals surface area contributed by atoms with Gasteiger partial charge in [-0.1, -0.05) is 25.6 Å².